The number of halogens is 3. The van der Waals surface area contributed by atoms with Crippen LogP contribution >= 0.6 is 0 Å². The predicted molar refractivity (Wildman–Crippen MR) is 132 cm³/mol. The fraction of sp³-hybridized carbons (Fsp3) is 0.103. The highest BCUT2D eigenvalue weighted by atomic mass is 19.4. The van der Waals surface area contributed by atoms with Crippen molar-refractivity contribution in [3.8, 4) is 16.8 Å². The summed E-state index contributed by atoms with van der Waals surface area (Å²) in [6.45, 7) is 1.64. The Kier molecular flexibility index (Phi) is 4.64. The molecular formula is C29H19F3N2O2. The summed E-state index contributed by atoms with van der Waals surface area (Å²) in [6.07, 6.45) is -4.49. The molecule has 0 atom stereocenters. The second-order valence-corrected chi connectivity index (χ2v) is 9.01. The molecule has 5 aromatic rings. The lowest BCUT2D eigenvalue weighted by Crippen LogP contribution is -2.24. The van der Waals surface area contributed by atoms with Gasteiger partial charge in [-0.15, -0.1) is 0 Å². The Hall–Kier alpha value is -4.39. The maximum Gasteiger partial charge on any atom is 0.416 e. The molecule has 0 saturated carbocycles. The monoisotopic (exact) mass is 484 g/mol. The smallest absolute Gasteiger partial charge is 0.308 e. The molecule has 0 saturated heterocycles. The zero-order chi connectivity index (χ0) is 25.4. The van der Waals surface area contributed by atoms with E-state index in [2.05, 4.69) is 0 Å². The van der Waals surface area contributed by atoms with Crippen molar-refractivity contribution in [3.63, 3.8) is 0 Å². The molecular weight excluding hydrogens is 465 g/mol. The van der Waals surface area contributed by atoms with Gasteiger partial charge < -0.3 is 4.57 Å². The predicted octanol–water partition coefficient (Wildman–Crippen LogP) is 7.00. The molecule has 0 unspecified atom stereocenters. The van der Waals surface area contributed by atoms with Gasteiger partial charge in [-0.3, -0.25) is 14.5 Å². The average molecular weight is 484 g/mol. The third-order valence-electron chi connectivity index (χ3n) is 6.75. The minimum atomic E-state index is -4.49. The van der Waals surface area contributed by atoms with Crippen LogP contribution in [-0.4, -0.2) is 28.3 Å². The van der Waals surface area contributed by atoms with Crippen LogP contribution < -0.4 is 0 Å². The van der Waals surface area contributed by atoms with Crippen molar-refractivity contribution in [2.75, 3.05) is 7.05 Å². The maximum atomic E-state index is 13.7. The van der Waals surface area contributed by atoms with Gasteiger partial charge in [0.05, 0.1) is 33.4 Å². The van der Waals surface area contributed by atoms with Gasteiger partial charge in [0.1, 0.15) is 0 Å². The Morgan fingerprint density at radius 3 is 2.22 bits per heavy atom. The first-order valence-corrected chi connectivity index (χ1v) is 11.3. The van der Waals surface area contributed by atoms with Crippen molar-refractivity contribution in [3.05, 3.63) is 101 Å². The molecule has 0 N–H and O–H groups in total. The molecule has 7 heteroatoms. The third-order valence-corrected chi connectivity index (χ3v) is 6.75. The molecule has 6 rings (SSSR count). The van der Waals surface area contributed by atoms with Gasteiger partial charge in [0, 0.05) is 23.4 Å². The zero-order valence-electron chi connectivity index (χ0n) is 19.4. The number of alkyl halides is 3. The van der Waals surface area contributed by atoms with Gasteiger partial charge in [0.15, 0.2) is 0 Å². The Labute approximate surface area is 204 Å². The van der Waals surface area contributed by atoms with Gasteiger partial charge in [-0.25, -0.2) is 0 Å². The van der Waals surface area contributed by atoms with Crippen LogP contribution in [0.15, 0.2) is 78.9 Å². The summed E-state index contributed by atoms with van der Waals surface area (Å²) < 4.78 is 42.9. The maximum absolute atomic E-state index is 13.7. The van der Waals surface area contributed by atoms with Gasteiger partial charge in [-0.2, -0.15) is 13.2 Å². The first-order valence-electron chi connectivity index (χ1n) is 11.3. The first kappa shape index (κ1) is 22.1. The molecule has 2 amide bonds. The Morgan fingerprint density at radius 1 is 0.750 bits per heavy atom. The number of rotatable bonds is 2. The summed E-state index contributed by atoms with van der Waals surface area (Å²) in [7, 11) is 1.44. The van der Waals surface area contributed by atoms with Crippen molar-refractivity contribution >= 4 is 33.6 Å². The molecule has 0 radical (unpaired) electrons. The number of aromatic nitrogens is 1. The van der Waals surface area contributed by atoms with Crippen molar-refractivity contribution in [2.45, 2.75) is 13.1 Å². The molecule has 178 valence electrons. The van der Waals surface area contributed by atoms with Crippen LogP contribution in [0.4, 0.5) is 13.2 Å². The van der Waals surface area contributed by atoms with E-state index in [1.54, 1.807) is 37.3 Å². The summed E-state index contributed by atoms with van der Waals surface area (Å²) in [5, 5.41) is 1.72. The van der Waals surface area contributed by atoms with Gasteiger partial charge in [-0.1, -0.05) is 48.5 Å². The van der Waals surface area contributed by atoms with Crippen LogP contribution in [-0.2, 0) is 6.18 Å². The SMILES string of the molecule is Cc1cc(-c2cccc3c4ccccc4n(-c4cccc5c4C(=O)N(C)C5=O)c23)cc(C(F)(F)F)c1. The molecule has 2 heterocycles. The van der Waals surface area contributed by atoms with Crippen molar-refractivity contribution in [1.29, 1.82) is 0 Å². The van der Waals surface area contributed by atoms with Crippen LogP contribution in [0, 0.1) is 6.92 Å². The summed E-state index contributed by atoms with van der Waals surface area (Å²) in [5.41, 5.74) is 3.33. The van der Waals surface area contributed by atoms with E-state index in [0.717, 1.165) is 33.3 Å². The van der Waals surface area contributed by atoms with Crippen LogP contribution in [0.5, 0.6) is 0 Å². The average Bonchev–Trinajstić information content (AvgIpc) is 3.31. The lowest BCUT2D eigenvalue weighted by molar-refractivity contribution is -0.137. The molecule has 0 bridgehead atoms. The molecule has 1 aliphatic heterocycles. The highest BCUT2D eigenvalue weighted by Crippen LogP contribution is 2.41. The molecule has 1 aromatic heterocycles. The van der Waals surface area contributed by atoms with E-state index in [-0.39, 0.29) is 11.5 Å². The van der Waals surface area contributed by atoms with E-state index >= 15 is 0 Å². The molecule has 0 spiro atoms. The summed E-state index contributed by atoms with van der Waals surface area (Å²) in [6, 6.07) is 22.2. The quantitative estimate of drug-likeness (QED) is 0.253. The number of amides is 2. The molecule has 1 aliphatic rings. The summed E-state index contributed by atoms with van der Waals surface area (Å²) in [4.78, 5) is 26.9. The van der Waals surface area contributed by atoms with Gasteiger partial charge in [-0.05, 0) is 48.4 Å². The van der Waals surface area contributed by atoms with E-state index in [0.29, 0.717) is 33.5 Å². The fourth-order valence-electron chi connectivity index (χ4n) is 5.17. The van der Waals surface area contributed by atoms with E-state index in [9.17, 15) is 22.8 Å². The van der Waals surface area contributed by atoms with Gasteiger partial charge in [0.2, 0.25) is 0 Å². The second-order valence-electron chi connectivity index (χ2n) is 9.01. The number of aryl methyl sites for hydroxylation is 1. The van der Waals surface area contributed by atoms with E-state index in [1.807, 2.05) is 41.0 Å². The van der Waals surface area contributed by atoms with E-state index in [4.69, 9.17) is 0 Å². The normalized spacial score (nSPS) is 13.8. The zero-order valence-corrected chi connectivity index (χ0v) is 19.4. The fourth-order valence-corrected chi connectivity index (χ4v) is 5.17. The minimum absolute atomic E-state index is 0.280. The van der Waals surface area contributed by atoms with Crippen LogP contribution in [0.2, 0.25) is 0 Å². The number of carbonyl (C=O) groups is 2. The minimum Gasteiger partial charge on any atom is -0.308 e. The molecule has 0 fully saturated rings. The third kappa shape index (κ3) is 3.09. The standard InChI is InChI=1S/C29H19F3N2O2/c1-16-13-17(15-18(14-16)29(30,31)32)19-8-5-9-21-20-7-3-4-11-23(20)34(26(19)21)24-12-6-10-22-25(24)28(36)33(2)27(22)35/h3-15H,1-2H3. The van der Waals surface area contributed by atoms with Crippen molar-refractivity contribution < 1.29 is 22.8 Å². The molecule has 36 heavy (non-hydrogen) atoms. The van der Waals surface area contributed by atoms with Gasteiger partial charge in [0.25, 0.3) is 11.8 Å². The second kappa shape index (κ2) is 7.55. The number of hydrogen-bond acceptors (Lipinski definition) is 2. The van der Waals surface area contributed by atoms with Crippen LogP contribution in [0.3, 0.4) is 0 Å². The van der Waals surface area contributed by atoms with Crippen molar-refractivity contribution in [1.82, 2.24) is 9.47 Å². The lowest BCUT2D eigenvalue weighted by atomic mass is 9.97. The highest BCUT2D eigenvalue weighted by molar-refractivity contribution is 6.23. The number of hydrogen-bond donors (Lipinski definition) is 0. The highest BCUT2D eigenvalue weighted by Gasteiger charge is 2.36. The van der Waals surface area contributed by atoms with Crippen LogP contribution in [0.25, 0.3) is 38.6 Å². The number of fused-ring (bicyclic) bond motifs is 4. The van der Waals surface area contributed by atoms with E-state index in [1.165, 1.54) is 7.05 Å². The molecule has 4 nitrogen and oxygen atoms in total. The Balaban J connectivity index is 1.76. The van der Waals surface area contributed by atoms with Crippen LogP contribution in [0.1, 0.15) is 31.8 Å². The number of imide groups is 1. The number of benzene rings is 4. The van der Waals surface area contributed by atoms with E-state index < -0.39 is 17.6 Å². The Morgan fingerprint density at radius 2 is 1.44 bits per heavy atom. The topological polar surface area (TPSA) is 42.3 Å². The summed E-state index contributed by atoms with van der Waals surface area (Å²) in [5.74, 6) is -0.796. The lowest BCUT2D eigenvalue weighted by Gasteiger charge is -2.15. The van der Waals surface area contributed by atoms with Gasteiger partial charge >= 0.3 is 6.18 Å². The van der Waals surface area contributed by atoms with Crippen molar-refractivity contribution in [2.24, 2.45) is 0 Å². The molecule has 0 aliphatic carbocycles. The Bertz CT molecular complexity index is 1750. The largest absolute Gasteiger partial charge is 0.416 e. The first-order chi connectivity index (χ1) is 17.2. The number of nitrogens with zero attached hydrogens (tertiary/aromatic N) is 2. The number of para-hydroxylation sites is 2. The number of carbonyl (C=O) groups excluding carboxylic acids is 2. The molecule has 4 aromatic carbocycles. The summed E-state index contributed by atoms with van der Waals surface area (Å²) >= 11 is 0.